The Bertz CT molecular complexity index is 751. The fourth-order valence-corrected chi connectivity index (χ4v) is 3.53. The van der Waals surface area contributed by atoms with Gasteiger partial charge in [0.25, 0.3) is 5.91 Å². The van der Waals surface area contributed by atoms with Crippen molar-refractivity contribution >= 4 is 5.91 Å². The molecule has 25 heavy (non-hydrogen) atoms. The van der Waals surface area contributed by atoms with Gasteiger partial charge in [0.05, 0.1) is 18.4 Å². The fourth-order valence-electron chi connectivity index (χ4n) is 3.53. The van der Waals surface area contributed by atoms with Crippen LogP contribution >= 0.6 is 0 Å². The van der Waals surface area contributed by atoms with E-state index in [1.54, 1.807) is 0 Å². The molecule has 1 aliphatic heterocycles. The number of ether oxygens (including phenoxy) is 1. The van der Waals surface area contributed by atoms with Gasteiger partial charge in [0.1, 0.15) is 5.75 Å². The Hall–Kier alpha value is -2.30. The Balaban J connectivity index is 1.39. The van der Waals surface area contributed by atoms with Crippen LogP contribution in [0, 0.1) is 11.8 Å². The molecule has 1 unspecified atom stereocenters. The largest absolute Gasteiger partial charge is 0.492 e. The molecule has 1 atom stereocenters. The Morgan fingerprint density at radius 3 is 2.84 bits per heavy atom. The number of amides is 1. The van der Waals surface area contributed by atoms with Gasteiger partial charge in [-0.3, -0.25) is 9.48 Å². The maximum Gasteiger partial charge on any atom is 0.257 e. The number of likely N-dealkylation sites (tertiary alicyclic amines) is 1. The molecule has 132 valence electrons. The molecule has 2 fully saturated rings. The first-order valence-electron chi connectivity index (χ1n) is 9.17. The molecule has 2 heterocycles. The van der Waals surface area contributed by atoms with Gasteiger partial charge in [0.15, 0.2) is 0 Å². The number of carbonyl (C=O) groups is 1. The maximum atomic E-state index is 13.0. The molecule has 2 aliphatic rings. The van der Waals surface area contributed by atoms with Gasteiger partial charge in [-0.1, -0.05) is 12.1 Å². The molecule has 1 saturated carbocycles. The fraction of sp³-hybridized carbons (Fsp3) is 0.500. The van der Waals surface area contributed by atoms with E-state index < -0.39 is 0 Å². The summed E-state index contributed by atoms with van der Waals surface area (Å²) < 4.78 is 7.74. The molecule has 5 heteroatoms. The van der Waals surface area contributed by atoms with E-state index in [-0.39, 0.29) is 5.91 Å². The van der Waals surface area contributed by atoms with E-state index in [0.29, 0.717) is 17.4 Å². The summed E-state index contributed by atoms with van der Waals surface area (Å²) in [4.78, 5) is 14.9. The van der Waals surface area contributed by atoms with Crippen LogP contribution in [-0.2, 0) is 13.5 Å². The van der Waals surface area contributed by atoms with Crippen LogP contribution in [-0.4, -0.2) is 40.3 Å². The summed E-state index contributed by atoms with van der Waals surface area (Å²) in [6.45, 7) is 2.36. The molecule has 1 amide bonds. The topological polar surface area (TPSA) is 47.4 Å². The number of hydrogen-bond acceptors (Lipinski definition) is 3. The Kier molecular flexibility index (Phi) is 4.47. The maximum absolute atomic E-state index is 13.0. The first-order chi connectivity index (χ1) is 12.2. The first-order valence-corrected chi connectivity index (χ1v) is 9.17. The van der Waals surface area contributed by atoms with Crippen LogP contribution in [0.25, 0.3) is 0 Å². The van der Waals surface area contributed by atoms with Crippen molar-refractivity contribution in [2.75, 3.05) is 19.7 Å². The predicted molar refractivity (Wildman–Crippen MR) is 95.6 cm³/mol. The van der Waals surface area contributed by atoms with Gasteiger partial charge in [0.2, 0.25) is 0 Å². The second-order valence-corrected chi connectivity index (χ2v) is 7.38. The molecule has 1 aromatic heterocycles. The third-order valence-electron chi connectivity index (χ3n) is 5.14. The summed E-state index contributed by atoms with van der Waals surface area (Å²) in [5.41, 5.74) is 1.94. The van der Waals surface area contributed by atoms with E-state index in [1.807, 2.05) is 47.1 Å². The third-order valence-corrected chi connectivity index (χ3v) is 5.14. The number of para-hydroxylation sites is 1. The summed E-state index contributed by atoms with van der Waals surface area (Å²) >= 11 is 0. The second-order valence-electron chi connectivity index (χ2n) is 7.38. The summed E-state index contributed by atoms with van der Waals surface area (Å²) in [6, 6.07) is 7.66. The monoisotopic (exact) mass is 339 g/mol. The van der Waals surface area contributed by atoms with Crippen LogP contribution in [0.5, 0.6) is 5.75 Å². The van der Waals surface area contributed by atoms with Crippen LogP contribution in [0.15, 0.2) is 36.7 Å². The van der Waals surface area contributed by atoms with Crippen LogP contribution in [0.2, 0.25) is 0 Å². The average molecular weight is 339 g/mol. The zero-order chi connectivity index (χ0) is 17.2. The average Bonchev–Trinajstić information content (AvgIpc) is 3.19. The first kappa shape index (κ1) is 16.2. The van der Waals surface area contributed by atoms with Gasteiger partial charge < -0.3 is 9.64 Å². The van der Waals surface area contributed by atoms with Crippen molar-refractivity contribution in [3.63, 3.8) is 0 Å². The summed E-state index contributed by atoms with van der Waals surface area (Å²) in [5, 5.41) is 4.23. The van der Waals surface area contributed by atoms with E-state index in [9.17, 15) is 4.79 Å². The minimum Gasteiger partial charge on any atom is -0.492 e. The molecule has 0 radical (unpaired) electrons. The molecule has 4 rings (SSSR count). The Morgan fingerprint density at radius 1 is 1.24 bits per heavy atom. The molecule has 2 aromatic rings. The molecule has 0 bridgehead atoms. The van der Waals surface area contributed by atoms with Crippen LogP contribution in [0.4, 0.5) is 0 Å². The second kappa shape index (κ2) is 6.90. The smallest absolute Gasteiger partial charge is 0.257 e. The number of hydrogen-bond donors (Lipinski definition) is 0. The van der Waals surface area contributed by atoms with Crippen LogP contribution in [0.3, 0.4) is 0 Å². The van der Waals surface area contributed by atoms with Crippen LogP contribution < -0.4 is 4.74 Å². The van der Waals surface area contributed by atoms with Crippen molar-refractivity contribution in [1.82, 2.24) is 14.7 Å². The van der Waals surface area contributed by atoms with Crippen LogP contribution in [0.1, 0.15) is 35.2 Å². The van der Waals surface area contributed by atoms with E-state index >= 15 is 0 Å². The number of aryl methyl sites for hydroxylation is 1. The Morgan fingerprint density at radius 2 is 2.08 bits per heavy atom. The van der Waals surface area contributed by atoms with Crippen molar-refractivity contribution in [3.05, 3.63) is 47.8 Å². The number of rotatable bonds is 6. The lowest BCUT2D eigenvalue weighted by Crippen LogP contribution is -2.29. The molecular weight excluding hydrogens is 314 g/mol. The third kappa shape index (κ3) is 3.86. The zero-order valence-corrected chi connectivity index (χ0v) is 14.7. The number of carbonyl (C=O) groups excluding carboxylic acids is 1. The van der Waals surface area contributed by atoms with E-state index in [1.165, 1.54) is 18.4 Å². The molecule has 1 aliphatic carbocycles. The lowest BCUT2D eigenvalue weighted by molar-refractivity contribution is 0.0782. The standard InChI is InChI=1S/C20H25N3O2/c1-22-12-17(11-21-22)10-16-8-9-23(13-16)20(24)18-4-2-3-5-19(18)25-14-15-6-7-15/h2-5,11-12,15-16H,6-10,13-14H2,1H3. The van der Waals surface area contributed by atoms with E-state index in [4.69, 9.17) is 4.74 Å². The lowest BCUT2D eigenvalue weighted by atomic mass is 10.0. The van der Waals surface area contributed by atoms with Gasteiger partial charge in [-0.2, -0.15) is 5.10 Å². The molecule has 1 aromatic carbocycles. The minimum absolute atomic E-state index is 0.0973. The minimum atomic E-state index is 0.0973. The summed E-state index contributed by atoms with van der Waals surface area (Å²) in [7, 11) is 1.94. The van der Waals surface area contributed by atoms with Crippen molar-refractivity contribution < 1.29 is 9.53 Å². The zero-order valence-electron chi connectivity index (χ0n) is 14.7. The normalized spacial score (nSPS) is 20.0. The van der Waals surface area contributed by atoms with E-state index in [0.717, 1.165) is 38.3 Å². The van der Waals surface area contributed by atoms with Crippen molar-refractivity contribution in [2.45, 2.75) is 25.7 Å². The van der Waals surface area contributed by atoms with Gasteiger partial charge in [-0.25, -0.2) is 0 Å². The van der Waals surface area contributed by atoms with E-state index in [2.05, 4.69) is 11.3 Å². The van der Waals surface area contributed by atoms with Gasteiger partial charge in [0, 0.05) is 26.3 Å². The molecular formula is C20H25N3O2. The van der Waals surface area contributed by atoms with Crippen molar-refractivity contribution in [3.8, 4) is 5.75 Å². The van der Waals surface area contributed by atoms with Gasteiger partial charge >= 0.3 is 0 Å². The SMILES string of the molecule is Cn1cc(CC2CCN(C(=O)c3ccccc3OCC3CC3)C2)cn1. The van der Waals surface area contributed by atoms with Crippen molar-refractivity contribution in [2.24, 2.45) is 18.9 Å². The highest BCUT2D eigenvalue weighted by molar-refractivity contribution is 5.97. The summed E-state index contributed by atoms with van der Waals surface area (Å²) in [6.07, 6.45) is 8.51. The highest BCUT2D eigenvalue weighted by Crippen LogP contribution is 2.31. The Labute approximate surface area is 148 Å². The molecule has 0 N–H and O–H groups in total. The number of aromatic nitrogens is 2. The number of benzene rings is 1. The molecule has 0 spiro atoms. The van der Waals surface area contributed by atoms with Gasteiger partial charge in [-0.15, -0.1) is 0 Å². The predicted octanol–water partition coefficient (Wildman–Crippen LogP) is 2.91. The highest BCUT2D eigenvalue weighted by Gasteiger charge is 2.29. The molecule has 1 saturated heterocycles. The quantitative estimate of drug-likeness (QED) is 0.813. The van der Waals surface area contributed by atoms with Gasteiger partial charge in [-0.05, 0) is 55.2 Å². The lowest BCUT2D eigenvalue weighted by Gasteiger charge is -2.18. The highest BCUT2D eigenvalue weighted by atomic mass is 16.5. The molecule has 5 nitrogen and oxygen atoms in total. The van der Waals surface area contributed by atoms with Crippen molar-refractivity contribution in [1.29, 1.82) is 0 Å². The number of nitrogens with zero attached hydrogens (tertiary/aromatic N) is 3. The summed E-state index contributed by atoms with van der Waals surface area (Å²) in [5.74, 6) is 2.02.